The van der Waals surface area contributed by atoms with Gasteiger partial charge >= 0.3 is 0 Å². The summed E-state index contributed by atoms with van der Waals surface area (Å²) < 4.78 is 5.31. The minimum Gasteiger partial charge on any atom is -0.497 e. The van der Waals surface area contributed by atoms with E-state index in [1.165, 1.54) is 11.1 Å². The van der Waals surface area contributed by atoms with E-state index in [1.807, 2.05) is 35.8 Å². The van der Waals surface area contributed by atoms with Gasteiger partial charge in [0.05, 0.1) is 18.3 Å². The Labute approximate surface area is 192 Å². The molecule has 0 bridgehead atoms. The standard InChI is InChI=1S/C28H23NO2S/c1-18-27(29-17-32-18)26-23-15-10-20(9-8-19-6-4-3-5-7-19)16-24(23)28(30)25(26)21-11-13-22(31-2)14-12-21/h3-7,10-17H,8-9H2,1-2H3. The molecule has 1 aliphatic rings. The van der Waals surface area contributed by atoms with E-state index in [0.717, 1.165) is 57.0 Å². The molecule has 0 spiro atoms. The highest BCUT2D eigenvalue weighted by Crippen LogP contribution is 2.43. The van der Waals surface area contributed by atoms with Crippen molar-refractivity contribution in [3.8, 4) is 5.75 Å². The zero-order valence-corrected chi connectivity index (χ0v) is 18.9. The number of hydrogen-bond acceptors (Lipinski definition) is 4. The first-order valence-corrected chi connectivity index (χ1v) is 11.5. The Kier molecular flexibility index (Phi) is 5.46. The molecule has 1 aromatic heterocycles. The van der Waals surface area contributed by atoms with Crippen LogP contribution < -0.4 is 4.74 Å². The van der Waals surface area contributed by atoms with E-state index in [0.29, 0.717) is 0 Å². The van der Waals surface area contributed by atoms with Gasteiger partial charge < -0.3 is 4.74 Å². The lowest BCUT2D eigenvalue weighted by molar-refractivity contribution is 0.105. The topological polar surface area (TPSA) is 39.2 Å². The van der Waals surface area contributed by atoms with E-state index in [9.17, 15) is 4.79 Å². The number of Topliss-reactive ketones (excluding diaryl/α,β-unsaturated/α-hetero) is 1. The summed E-state index contributed by atoms with van der Waals surface area (Å²) in [5.41, 5.74) is 9.49. The van der Waals surface area contributed by atoms with Crippen LogP contribution in [0.15, 0.2) is 78.3 Å². The molecule has 5 rings (SSSR count). The Balaban J connectivity index is 1.56. The number of nitrogens with zero attached hydrogens (tertiary/aromatic N) is 1. The van der Waals surface area contributed by atoms with Crippen molar-refractivity contribution in [2.24, 2.45) is 0 Å². The second kappa shape index (κ2) is 8.56. The number of ether oxygens (including phenoxy) is 1. The maximum atomic E-state index is 13.7. The molecular weight excluding hydrogens is 414 g/mol. The van der Waals surface area contributed by atoms with E-state index >= 15 is 0 Å². The van der Waals surface area contributed by atoms with Gasteiger partial charge in [0.1, 0.15) is 5.75 Å². The lowest BCUT2D eigenvalue weighted by atomic mass is 9.96. The van der Waals surface area contributed by atoms with Crippen LogP contribution in [0.5, 0.6) is 5.75 Å². The highest BCUT2D eigenvalue weighted by molar-refractivity contribution is 7.09. The number of aromatic nitrogens is 1. The largest absolute Gasteiger partial charge is 0.497 e. The van der Waals surface area contributed by atoms with Crippen molar-refractivity contribution in [1.82, 2.24) is 4.98 Å². The molecule has 0 fully saturated rings. The Bertz CT molecular complexity index is 1320. The van der Waals surface area contributed by atoms with Crippen molar-refractivity contribution in [3.05, 3.63) is 117 Å². The third-order valence-corrected chi connectivity index (χ3v) is 6.74. The van der Waals surface area contributed by atoms with Gasteiger partial charge in [0.15, 0.2) is 5.78 Å². The van der Waals surface area contributed by atoms with Gasteiger partial charge in [-0.15, -0.1) is 11.3 Å². The molecule has 0 saturated carbocycles. The Morgan fingerprint density at radius 3 is 2.28 bits per heavy atom. The first kappa shape index (κ1) is 20.4. The molecule has 0 unspecified atom stereocenters. The molecule has 32 heavy (non-hydrogen) atoms. The summed E-state index contributed by atoms with van der Waals surface area (Å²) in [4.78, 5) is 19.4. The molecule has 4 aromatic rings. The molecule has 1 aliphatic carbocycles. The zero-order chi connectivity index (χ0) is 22.1. The molecule has 3 nitrogen and oxygen atoms in total. The number of benzene rings is 3. The van der Waals surface area contributed by atoms with Gasteiger partial charge in [0.25, 0.3) is 0 Å². The predicted octanol–water partition coefficient (Wildman–Crippen LogP) is 6.40. The summed E-state index contributed by atoms with van der Waals surface area (Å²) >= 11 is 1.60. The molecule has 0 aliphatic heterocycles. The SMILES string of the molecule is COc1ccc(C2=C(c3ncsc3C)c3ccc(CCc4ccccc4)cc3C2=O)cc1. The lowest BCUT2D eigenvalue weighted by Gasteiger charge is -2.08. The summed E-state index contributed by atoms with van der Waals surface area (Å²) in [5.74, 6) is 0.834. The summed E-state index contributed by atoms with van der Waals surface area (Å²) in [6.45, 7) is 2.06. The number of rotatable bonds is 6. The van der Waals surface area contributed by atoms with Gasteiger partial charge in [0.2, 0.25) is 0 Å². The average molecular weight is 438 g/mol. The molecule has 4 heteroatoms. The van der Waals surface area contributed by atoms with E-state index in [2.05, 4.69) is 54.4 Å². The first-order chi connectivity index (χ1) is 15.7. The summed E-state index contributed by atoms with van der Waals surface area (Å²) in [6, 6.07) is 24.5. The number of thiazole rings is 1. The van der Waals surface area contributed by atoms with Crippen LogP contribution in [-0.2, 0) is 12.8 Å². The van der Waals surface area contributed by atoms with E-state index in [1.54, 1.807) is 18.4 Å². The Morgan fingerprint density at radius 2 is 1.59 bits per heavy atom. The van der Waals surface area contributed by atoms with Crippen LogP contribution >= 0.6 is 11.3 Å². The fraction of sp³-hybridized carbons (Fsp3) is 0.143. The van der Waals surface area contributed by atoms with Crippen LogP contribution in [0.3, 0.4) is 0 Å². The highest BCUT2D eigenvalue weighted by Gasteiger charge is 2.33. The highest BCUT2D eigenvalue weighted by atomic mass is 32.1. The average Bonchev–Trinajstić information content (AvgIpc) is 3.38. The third-order valence-electron chi connectivity index (χ3n) is 5.98. The number of carbonyl (C=O) groups is 1. The lowest BCUT2D eigenvalue weighted by Crippen LogP contribution is -2.00. The smallest absolute Gasteiger partial charge is 0.194 e. The number of ketones is 1. The normalized spacial score (nSPS) is 12.9. The molecular formula is C28H23NO2S. The molecule has 158 valence electrons. The molecule has 0 amide bonds. The number of carbonyl (C=O) groups excluding carboxylic acids is 1. The van der Waals surface area contributed by atoms with E-state index in [-0.39, 0.29) is 5.78 Å². The van der Waals surface area contributed by atoms with E-state index in [4.69, 9.17) is 4.74 Å². The van der Waals surface area contributed by atoms with Crippen LogP contribution in [0.25, 0.3) is 11.1 Å². The van der Waals surface area contributed by atoms with Gasteiger partial charge in [-0.25, -0.2) is 4.98 Å². The fourth-order valence-electron chi connectivity index (χ4n) is 4.29. The second-order valence-electron chi connectivity index (χ2n) is 7.93. The minimum absolute atomic E-state index is 0.0640. The van der Waals surface area contributed by atoms with Crippen molar-refractivity contribution in [1.29, 1.82) is 0 Å². The molecule has 0 atom stereocenters. The van der Waals surface area contributed by atoms with Crippen molar-refractivity contribution < 1.29 is 9.53 Å². The maximum absolute atomic E-state index is 13.7. The molecule has 3 aromatic carbocycles. The first-order valence-electron chi connectivity index (χ1n) is 10.7. The van der Waals surface area contributed by atoms with Crippen molar-refractivity contribution in [2.75, 3.05) is 7.11 Å². The number of aryl methyl sites for hydroxylation is 3. The second-order valence-corrected chi connectivity index (χ2v) is 8.99. The van der Waals surface area contributed by atoms with Gasteiger partial charge in [-0.1, -0.05) is 54.6 Å². The van der Waals surface area contributed by atoms with Crippen LogP contribution in [-0.4, -0.2) is 17.9 Å². The molecule has 0 N–H and O–H groups in total. The predicted molar refractivity (Wildman–Crippen MR) is 130 cm³/mol. The van der Waals surface area contributed by atoms with Crippen molar-refractivity contribution in [2.45, 2.75) is 19.8 Å². The van der Waals surface area contributed by atoms with Crippen LogP contribution in [0.1, 0.15) is 43.2 Å². The van der Waals surface area contributed by atoms with Crippen LogP contribution in [0.2, 0.25) is 0 Å². The van der Waals surface area contributed by atoms with Gasteiger partial charge in [0, 0.05) is 21.6 Å². The Morgan fingerprint density at radius 1 is 0.844 bits per heavy atom. The monoisotopic (exact) mass is 437 g/mol. The molecule has 1 heterocycles. The van der Waals surface area contributed by atoms with E-state index < -0.39 is 0 Å². The minimum atomic E-state index is 0.0640. The maximum Gasteiger partial charge on any atom is 0.194 e. The molecule has 0 saturated heterocycles. The summed E-state index contributed by atoms with van der Waals surface area (Å²) in [7, 11) is 1.64. The van der Waals surface area contributed by atoms with Crippen molar-refractivity contribution >= 4 is 28.3 Å². The number of methoxy groups -OCH3 is 1. The van der Waals surface area contributed by atoms with Crippen molar-refractivity contribution in [3.63, 3.8) is 0 Å². The number of allylic oxidation sites excluding steroid dienone is 1. The van der Waals surface area contributed by atoms with Gasteiger partial charge in [-0.3, -0.25) is 4.79 Å². The van der Waals surface area contributed by atoms with Gasteiger partial charge in [-0.2, -0.15) is 0 Å². The van der Waals surface area contributed by atoms with Gasteiger partial charge in [-0.05, 0) is 60.2 Å². The quantitative estimate of drug-likeness (QED) is 0.350. The summed E-state index contributed by atoms with van der Waals surface area (Å²) in [6.07, 6.45) is 1.85. The zero-order valence-electron chi connectivity index (χ0n) is 18.1. The third kappa shape index (κ3) is 3.67. The fourth-order valence-corrected chi connectivity index (χ4v) is 4.88. The van der Waals surface area contributed by atoms with Crippen LogP contribution in [0, 0.1) is 6.92 Å². The Hall–Kier alpha value is -3.50. The summed E-state index contributed by atoms with van der Waals surface area (Å²) in [5, 5.41) is 0. The molecule has 0 radical (unpaired) electrons. The number of fused-ring (bicyclic) bond motifs is 1. The van der Waals surface area contributed by atoms with Crippen LogP contribution in [0.4, 0.5) is 0 Å². The number of hydrogen-bond donors (Lipinski definition) is 0.